The minimum Gasteiger partial charge on any atom is -0.354 e. The highest BCUT2D eigenvalue weighted by Gasteiger charge is 2.25. The predicted octanol–water partition coefficient (Wildman–Crippen LogP) is 4.57. The summed E-state index contributed by atoms with van der Waals surface area (Å²) >= 11 is 0. The zero-order valence-corrected chi connectivity index (χ0v) is 18.2. The third kappa shape index (κ3) is 7.37. The van der Waals surface area contributed by atoms with Gasteiger partial charge in [0.25, 0.3) is 0 Å². The smallest absolute Gasteiger partial charge is 0.242 e. The van der Waals surface area contributed by atoms with E-state index in [4.69, 9.17) is 0 Å². The molecule has 2 aromatic carbocycles. The summed E-state index contributed by atoms with van der Waals surface area (Å²) in [5, 5.41) is 2.96. The fourth-order valence-corrected chi connectivity index (χ4v) is 3.16. The number of rotatable bonds is 10. The lowest BCUT2D eigenvalue weighted by atomic mass is 10.1. The van der Waals surface area contributed by atoms with Crippen LogP contribution in [0.4, 0.5) is 0 Å². The Morgan fingerprint density at radius 3 is 2.03 bits per heavy atom. The largest absolute Gasteiger partial charge is 0.354 e. The Morgan fingerprint density at radius 2 is 1.48 bits per heavy atom. The molecule has 2 amide bonds. The first-order valence-electron chi connectivity index (χ1n) is 10.6. The van der Waals surface area contributed by atoms with E-state index >= 15 is 0 Å². The van der Waals surface area contributed by atoms with Gasteiger partial charge in [-0.1, -0.05) is 73.0 Å². The molecule has 0 aliphatic heterocycles. The average Bonchev–Trinajstić information content (AvgIpc) is 2.72. The molecule has 1 atom stereocenters. The Balaban J connectivity index is 2.08. The SMILES string of the molecule is CCCCNC(=O)C(C)N(Cc1ccc(C)cc1)C(=O)CCc1ccc(C)cc1. The van der Waals surface area contributed by atoms with Crippen molar-refractivity contribution in [2.45, 2.75) is 66.0 Å². The van der Waals surface area contributed by atoms with Crippen molar-refractivity contribution in [1.82, 2.24) is 10.2 Å². The number of amides is 2. The second kappa shape index (κ2) is 11.4. The molecule has 2 rings (SSSR count). The van der Waals surface area contributed by atoms with Crippen LogP contribution in [0.3, 0.4) is 0 Å². The first kappa shape index (κ1) is 22.7. The van der Waals surface area contributed by atoms with Gasteiger partial charge in [0.1, 0.15) is 6.04 Å². The topological polar surface area (TPSA) is 49.4 Å². The van der Waals surface area contributed by atoms with Gasteiger partial charge in [-0.15, -0.1) is 0 Å². The summed E-state index contributed by atoms with van der Waals surface area (Å²) in [6, 6.07) is 15.9. The summed E-state index contributed by atoms with van der Waals surface area (Å²) in [5.74, 6) is -0.0847. The van der Waals surface area contributed by atoms with Crippen molar-refractivity contribution < 1.29 is 9.59 Å². The zero-order chi connectivity index (χ0) is 21.2. The molecule has 0 heterocycles. The summed E-state index contributed by atoms with van der Waals surface area (Å²) in [5.41, 5.74) is 4.56. The van der Waals surface area contributed by atoms with E-state index in [1.54, 1.807) is 4.90 Å². The molecule has 0 bridgehead atoms. The van der Waals surface area contributed by atoms with Gasteiger partial charge < -0.3 is 10.2 Å². The van der Waals surface area contributed by atoms with E-state index in [0.29, 0.717) is 25.9 Å². The van der Waals surface area contributed by atoms with Gasteiger partial charge in [-0.2, -0.15) is 0 Å². The summed E-state index contributed by atoms with van der Waals surface area (Å²) < 4.78 is 0. The maximum Gasteiger partial charge on any atom is 0.242 e. The Morgan fingerprint density at radius 1 is 0.931 bits per heavy atom. The van der Waals surface area contributed by atoms with Crippen LogP contribution in [0.15, 0.2) is 48.5 Å². The van der Waals surface area contributed by atoms with Crippen molar-refractivity contribution in [2.75, 3.05) is 6.54 Å². The fourth-order valence-electron chi connectivity index (χ4n) is 3.16. The van der Waals surface area contributed by atoms with E-state index < -0.39 is 6.04 Å². The van der Waals surface area contributed by atoms with Crippen molar-refractivity contribution in [2.24, 2.45) is 0 Å². The molecule has 0 aliphatic carbocycles. The number of nitrogens with one attached hydrogen (secondary N) is 1. The lowest BCUT2D eigenvalue weighted by molar-refractivity contribution is -0.140. The van der Waals surface area contributed by atoms with Crippen molar-refractivity contribution >= 4 is 11.8 Å². The van der Waals surface area contributed by atoms with Crippen LogP contribution in [-0.4, -0.2) is 29.3 Å². The number of nitrogens with zero attached hydrogens (tertiary/aromatic N) is 1. The Hall–Kier alpha value is -2.62. The third-order valence-electron chi connectivity index (χ3n) is 5.22. The average molecular weight is 395 g/mol. The van der Waals surface area contributed by atoms with Gasteiger partial charge in [0.05, 0.1) is 0 Å². The van der Waals surface area contributed by atoms with E-state index in [9.17, 15) is 9.59 Å². The minimum absolute atomic E-state index is 0.00397. The Kier molecular flexibility index (Phi) is 8.91. The Bertz CT molecular complexity index is 781. The number of benzene rings is 2. The molecule has 2 aromatic rings. The van der Waals surface area contributed by atoms with Crippen molar-refractivity contribution in [1.29, 1.82) is 0 Å². The maximum atomic E-state index is 13.1. The molecule has 0 aromatic heterocycles. The summed E-state index contributed by atoms with van der Waals surface area (Å²) in [7, 11) is 0. The fraction of sp³-hybridized carbons (Fsp3) is 0.440. The number of unbranched alkanes of at least 4 members (excludes halogenated alkanes) is 1. The lowest BCUT2D eigenvalue weighted by Crippen LogP contribution is -2.47. The van der Waals surface area contributed by atoms with Gasteiger partial charge in [0.2, 0.25) is 11.8 Å². The van der Waals surface area contributed by atoms with Gasteiger partial charge in [0.15, 0.2) is 0 Å². The van der Waals surface area contributed by atoms with Crippen LogP contribution in [0.5, 0.6) is 0 Å². The van der Waals surface area contributed by atoms with E-state index in [1.165, 1.54) is 11.1 Å². The van der Waals surface area contributed by atoms with Crippen LogP contribution < -0.4 is 5.32 Å². The molecule has 0 fully saturated rings. The van der Waals surface area contributed by atoms with E-state index in [-0.39, 0.29) is 11.8 Å². The van der Waals surface area contributed by atoms with E-state index in [0.717, 1.165) is 24.0 Å². The third-order valence-corrected chi connectivity index (χ3v) is 5.22. The molecule has 0 radical (unpaired) electrons. The van der Waals surface area contributed by atoms with Gasteiger partial charge in [-0.25, -0.2) is 0 Å². The highest BCUT2D eigenvalue weighted by molar-refractivity contribution is 5.87. The molecule has 1 unspecified atom stereocenters. The molecule has 29 heavy (non-hydrogen) atoms. The van der Waals surface area contributed by atoms with Crippen molar-refractivity contribution in [3.63, 3.8) is 0 Å². The normalized spacial score (nSPS) is 11.7. The summed E-state index contributed by atoms with van der Waals surface area (Å²) in [6.07, 6.45) is 3.03. The van der Waals surface area contributed by atoms with Gasteiger partial charge in [0, 0.05) is 19.5 Å². The van der Waals surface area contributed by atoms with E-state index in [1.807, 2.05) is 38.1 Å². The monoisotopic (exact) mass is 394 g/mol. The first-order chi connectivity index (χ1) is 13.9. The molecule has 156 valence electrons. The molecule has 4 nitrogen and oxygen atoms in total. The molecule has 1 N–H and O–H groups in total. The maximum absolute atomic E-state index is 13.1. The molecule has 0 saturated heterocycles. The van der Waals surface area contributed by atoms with Crippen LogP contribution in [0.2, 0.25) is 0 Å². The number of carbonyl (C=O) groups is 2. The van der Waals surface area contributed by atoms with Crippen LogP contribution in [0.25, 0.3) is 0 Å². The van der Waals surface area contributed by atoms with Gasteiger partial charge in [-0.3, -0.25) is 9.59 Å². The summed E-state index contributed by atoms with van der Waals surface area (Å²) in [6.45, 7) is 9.09. The highest BCUT2D eigenvalue weighted by Crippen LogP contribution is 2.14. The second-order valence-corrected chi connectivity index (χ2v) is 7.81. The summed E-state index contributed by atoms with van der Waals surface area (Å²) in [4.78, 5) is 27.4. The highest BCUT2D eigenvalue weighted by atomic mass is 16.2. The molecule has 0 aliphatic rings. The quantitative estimate of drug-likeness (QED) is 0.600. The number of hydrogen-bond donors (Lipinski definition) is 1. The first-order valence-corrected chi connectivity index (χ1v) is 10.6. The number of hydrogen-bond acceptors (Lipinski definition) is 2. The predicted molar refractivity (Wildman–Crippen MR) is 119 cm³/mol. The molecule has 0 saturated carbocycles. The van der Waals surface area contributed by atoms with Crippen LogP contribution in [0.1, 0.15) is 55.4 Å². The van der Waals surface area contributed by atoms with Crippen LogP contribution >= 0.6 is 0 Å². The second-order valence-electron chi connectivity index (χ2n) is 7.81. The standard InChI is InChI=1S/C25H34N2O2/c1-5-6-17-26-25(29)21(4)27(18-23-13-9-20(3)10-14-23)24(28)16-15-22-11-7-19(2)8-12-22/h7-14,21H,5-6,15-18H2,1-4H3,(H,26,29). The van der Waals surface area contributed by atoms with Gasteiger partial charge in [-0.05, 0) is 44.7 Å². The van der Waals surface area contributed by atoms with Crippen LogP contribution in [-0.2, 0) is 22.6 Å². The van der Waals surface area contributed by atoms with Gasteiger partial charge >= 0.3 is 0 Å². The van der Waals surface area contributed by atoms with E-state index in [2.05, 4.69) is 43.4 Å². The number of carbonyl (C=O) groups excluding carboxylic acids is 2. The van der Waals surface area contributed by atoms with Crippen molar-refractivity contribution in [3.8, 4) is 0 Å². The van der Waals surface area contributed by atoms with Crippen molar-refractivity contribution in [3.05, 3.63) is 70.8 Å². The zero-order valence-electron chi connectivity index (χ0n) is 18.2. The van der Waals surface area contributed by atoms with Crippen LogP contribution in [0, 0.1) is 13.8 Å². The minimum atomic E-state index is -0.501. The lowest BCUT2D eigenvalue weighted by Gasteiger charge is -2.29. The molecular formula is C25H34N2O2. The number of aryl methyl sites for hydroxylation is 3. The Labute approximate surface area is 175 Å². The molecular weight excluding hydrogens is 360 g/mol. The molecule has 0 spiro atoms. The molecule has 4 heteroatoms.